The summed E-state index contributed by atoms with van der Waals surface area (Å²) in [5, 5.41) is 10.6. The molecule has 0 aromatic carbocycles. The van der Waals surface area contributed by atoms with Gasteiger partial charge in [0, 0.05) is 25.7 Å². The molecule has 0 rings (SSSR count). The summed E-state index contributed by atoms with van der Waals surface area (Å²) in [6, 6.07) is 0. The van der Waals surface area contributed by atoms with E-state index < -0.39 is 97.5 Å². The molecular formula is C74H144O17P2. The minimum absolute atomic E-state index is 0.106. The van der Waals surface area contributed by atoms with Crippen molar-refractivity contribution in [1.82, 2.24) is 0 Å². The van der Waals surface area contributed by atoms with Gasteiger partial charge in [-0.15, -0.1) is 0 Å². The Hall–Kier alpha value is -1.94. The van der Waals surface area contributed by atoms with Crippen LogP contribution >= 0.6 is 15.6 Å². The molecule has 0 aliphatic carbocycles. The minimum Gasteiger partial charge on any atom is -0.462 e. The van der Waals surface area contributed by atoms with Crippen LogP contribution < -0.4 is 0 Å². The SMILES string of the molecule is CCCCCCCCCCCCCCCCC(=O)O[C@H](COC(=O)CCCCCCCCCCC(C)C)COP(=O)(O)OC[C@H](O)COP(=O)(O)OC[C@@H](COC(=O)CCCCCCCCCCCCCC(C)C)OC(=O)CCCCCCCCCCCCCC(C)C. The van der Waals surface area contributed by atoms with E-state index in [0.717, 1.165) is 108 Å². The summed E-state index contributed by atoms with van der Waals surface area (Å²) in [5.74, 6) is 0.143. The average molecular weight is 1370 g/mol. The van der Waals surface area contributed by atoms with Gasteiger partial charge in [-0.3, -0.25) is 37.3 Å². The topological polar surface area (TPSA) is 237 Å². The van der Waals surface area contributed by atoms with E-state index in [1.807, 2.05) is 0 Å². The third kappa shape index (κ3) is 68.4. The molecule has 0 saturated carbocycles. The van der Waals surface area contributed by atoms with Gasteiger partial charge >= 0.3 is 39.5 Å². The van der Waals surface area contributed by atoms with E-state index >= 15 is 0 Å². The number of aliphatic hydroxyl groups is 1. The largest absolute Gasteiger partial charge is 0.472 e. The first-order valence-corrected chi connectivity index (χ1v) is 41.3. The van der Waals surface area contributed by atoms with Crippen LogP contribution in [-0.4, -0.2) is 96.7 Å². The number of aliphatic hydroxyl groups excluding tert-OH is 1. The Kier molecular flexibility index (Phi) is 63.4. The van der Waals surface area contributed by atoms with Crippen LogP contribution in [-0.2, 0) is 65.4 Å². The predicted octanol–water partition coefficient (Wildman–Crippen LogP) is 21.4. The molecule has 0 aromatic heterocycles. The van der Waals surface area contributed by atoms with Gasteiger partial charge in [0.1, 0.15) is 19.3 Å². The summed E-state index contributed by atoms with van der Waals surface area (Å²) in [7, 11) is -9.91. The summed E-state index contributed by atoms with van der Waals surface area (Å²) in [4.78, 5) is 72.8. The summed E-state index contributed by atoms with van der Waals surface area (Å²) < 4.78 is 68.5. The van der Waals surface area contributed by atoms with Crippen LogP contribution in [0.3, 0.4) is 0 Å². The minimum atomic E-state index is -4.96. The van der Waals surface area contributed by atoms with Crippen molar-refractivity contribution in [2.75, 3.05) is 39.6 Å². The fourth-order valence-corrected chi connectivity index (χ4v) is 12.8. The van der Waals surface area contributed by atoms with Crippen LogP contribution in [0.2, 0.25) is 0 Å². The van der Waals surface area contributed by atoms with Crippen molar-refractivity contribution in [2.24, 2.45) is 17.8 Å². The number of phosphoric acid groups is 2. The maximum Gasteiger partial charge on any atom is 0.472 e. The molecule has 0 heterocycles. The van der Waals surface area contributed by atoms with Crippen molar-refractivity contribution in [3.05, 3.63) is 0 Å². The van der Waals surface area contributed by atoms with E-state index in [-0.39, 0.29) is 25.7 Å². The molecule has 0 radical (unpaired) electrons. The van der Waals surface area contributed by atoms with Crippen molar-refractivity contribution in [2.45, 2.75) is 394 Å². The first-order chi connectivity index (χ1) is 44.7. The highest BCUT2D eigenvalue weighted by Gasteiger charge is 2.30. The molecule has 0 aliphatic rings. The lowest BCUT2D eigenvalue weighted by atomic mass is 10.0. The number of hydrogen-bond donors (Lipinski definition) is 3. The van der Waals surface area contributed by atoms with Gasteiger partial charge in [0.15, 0.2) is 12.2 Å². The summed E-state index contributed by atoms with van der Waals surface area (Å²) in [5.41, 5.74) is 0. The van der Waals surface area contributed by atoms with Gasteiger partial charge < -0.3 is 33.8 Å². The Labute approximate surface area is 568 Å². The number of ether oxygens (including phenoxy) is 4. The Morgan fingerprint density at radius 3 is 0.731 bits per heavy atom. The average Bonchev–Trinajstić information content (AvgIpc) is 1.65. The maximum absolute atomic E-state index is 13.1. The third-order valence-electron chi connectivity index (χ3n) is 17.1. The maximum atomic E-state index is 13.1. The monoisotopic (exact) mass is 1370 g/mol. The van der Waals surface area contributed by atoms with Gasteiger partial charge in [0.25, 0.3) is 0 Å². The second kappa shape index (κ2) is 64.7. The second-order valence-corrected chi connectivity index (χ2v) is 31.0. The molecule has 19 heteroatoms. The number of hydrogen-bond acceptors (Lipinski definition) is 15. The molecule has 552 valence electrons. The Balaban J connectivity index is 5.27. The molecule has 93 heavy (non-hydrogen) atoms. The van der Waals surface area contributed by atoms with Crippen LogP contribution in [0.4, 0.5) is 0 Å². The van der Waals surface area contributed by atoms with Gasteiger partial charge in [0.2, 0.25) is 0 Å². The Morgan fingerprint density at radius 2 is 0.495 bits per heavy atom. The van der Waals surface area contributed by atoms with Crippen LogP contribution in [0, 0.1) is 17.8 Å². The van der Waals surface area contributed by atoms with Crippen LogP contribution in [0.15, 0.2) is 0 Å². The van der Waals surface area contributed by atoms with E-state index in [0.29, 0.717) is 25.7 Å². The van der Waals surface area contributed by atoms with E-state index in [1.54, 1.807) is 0 Å². The number of esters is 4. The van der Waals surface area contributed by atoms with Crippen LogP contribution in [0.25, 0.3) is 0 Å². The molecule has 0 bridgehead atoms. The molecule has 0 amide bonds. The summed E-state index contributed by atoms with van der Waals surface area (Å²) in [6.07, 6.45) is 49.9. The molecule has 0 aromatic rings. The first-order valence-electron chi connectivity index (χ1n) is 38.3. The molecular weight excluding hydrogens is 1220 g/mol. The molecule has 5 atom stereocenters. The van der Waals surface area contributed by atoms with E-state index in [2.05, 4.69) is 48.5 Å². The number of phosphoric ester groups is 2. The summed E-state index contributed by atoms with van der Waals surface area (Å²) in [6.45, 7) is 11.9. The molecule has 0 spiro atoms. The molecule has 17 nitrogen and oxygen atoms in total. The van der Waals surface area contributed by atoms with Gasteiger partial charge in [-0.2, -0.15) is 0 Å². The van der Waals surface area contributed by atoms with Crippen molar-refractivity contribution in [3.63, 3.8) is 0 Å². The fraction of sp³-hybridized carbons (Fsp3) is 0.946. The van der Waals surface area contributed by atoms with E-state index in [9.17, 15) is 43.2 Å². The highest BCUT2D eigenvalue weighted by molar-refractivity contribution is 7.47. The summed E-state index contributed by atoms with van der Waals surface area (Å²) >= 11 is 0. The third-order valence-corrected chi connectivity index (χ3v) is 19.0. The van der Waals surface area contributed by atoms with E-state index in [4.69, 9.17) is 37.0 Å². The number of rotatable bonds is 72. The molecule has 0 saturated heterocycles. The predicted molar refractivity (Wildman–Crippen MR) is 377 cm³/mol. The molecule has 2 unspecified atom stereocenters. The number of unbranched alkanes of at least 4 members (excludes halogenated alkanes) is 40. The highest BCUT2D eigenvalue weighted by atomic mass is 31.2. The molecule has 3 N–H and O–H groups in total. The number of carbonyl (C=O) groups is 4. The van der Waals surface area contributed by atoms with E-state index in [1.165, 1.54) is 186 Å². The highest BCUT2D eigenvalue weighted by Crippen LogP contribution is 2.45. The van der Waals surface area contributed by atoms with Gasteiger partial charge in [-0.1, -0.05) is 325 Å². The lowest BCUT2D eigenvalue weighted by Crippen LogP contribution is -2.30. The lowest BCUT2D eigenvalue weighted by Gasteiger charge is -2.21. The smallest absolute Gasteiger partial charge is 0.462 e. The first kappa shape index (κ1) is 91.1. The fourth-order valence-electron chi connectivity index (χ4n) is 11.2. The van der Waals surface area contributed by atoms with Gasteiger partial charge in [0.05, 0.1) is 26.4 Å². The lowest BCUT2D eigenvalue weighted by molar-refractivity contribution is -0.161. The molecule has 0 fully saturated rings. The number of carbonyl (C=O) groups excluding carboxylic acids is 4. The second-order valence-electron chi connectivity index (χ2n) is 28.1. The van der Waals surface area contributed by atoms with Crippen molar-refractivity contribution >= 4 is 39.5 Å². The zero-order valence-electron chi connectivity index (χ0n) is 60.7. The van der Waals surface area contributed by atoms with Crippen LogP contribution in [0.1, 0.15) is 376 Å². The normalized spacial score (nSPS) is 14.1. The molecule has 0 aliphatic heterocycles. The Morgan fingerprint density at radius 1 is 0.290 bits per heavy atom. The quantitative estimate of drug-likeness (QED) is 0.0222. The van der Waals surface area contributed by atoms with Crippen LogP contribution in [0.5, 0.6) is 0 Å². The van der Waals surface area contributed by atoms with Crippen molar-refractivity contribution in [3.8, 4) is 0 Å². The van der Waals surface area contributed by atoms with Gasteiger partial charge in [-0.05, 0) is 43.4 Å². The zero-order chi connectivity index (χ0) is 68.7. The van der Waals surface area contributed by atoms with Crippen molar-refractivity contribution < 1.29 is 80.2 Å². The van der Waals surface area contributed by atoms with Crippen molar-refractivity contribution in [1.29, 1.82) is 0 Å². The Bertz CT molecular complexity index is 1820. The standard InChI is InChI=1S/C74H144O17P2/c1-8-9-10-11-12-13-14-15-16-21-27-36-43-50-57-73(78)91-70(62-85-72(77)56-49-42-35-30-29-33-40-47-54-67(6)7)64-89-93(82,83)87-60-68(75)59-86-92(80,81)88-63-69(90-74(79)58-51-44-37-28-23-18-20-25-32-39-46-53-66(4)5)61-84-71(76)55-48-41-34-26-22-17-19-24-31-38-45-52-65(2)3/h65-70,75H,8-64H2,1-7H3,(H,80,81)(H,82,83)/t68-,69-,70-/m1/s1. The zero-order valence-corrected chi connectivity index (χ0v) is 62.5. The van der Waals surface area contributed by atoms with Gasteiger partial charge in [-0.25, -0.2) is 9.13 Å².